The zero-order valence-corrected chi connectivity index (χ0v) is 12.5. The summed E-state index contributed by atoms with van der Waals surface area (Å²) in [6, 6.07) is 12.9. The van der Waals surface area contributed by atoms with Gasteiger partial charge in [-0.1, -0.05) is 40.9 Å². The molecule has 1 heterocycles. The molecule has 0 fully saturated rings. The molecule has 0 unspecified atom stereocenters. The number of hydrogen-bond donors (Lipinski definition) is 2. The fourth-order valence-electron chi connectivity index (χ4n) is 1.93. The quantitative estimate of drug-likeness (QED) is 0.867. The van der Waals surface area contributed by atoms with E-state index < -0.39 is 0 Å². The Bertz CT molecular complexity index is 668. The Kier molecular flexibility index (Phi) is 3.85. The van der Waals surface area contributed by atoms with Gasteiger partial charge in [-0.05, 0) is 42.0 Å². The van der Waals surface area contributed by atoms with Crippen LogP contribution in [-0.4, -0.2) is 5.84 Å². The maximum atomic E-state index is 6.02. The molecule has 1 atom stereocenters. The van der Waals surface area contributed by atoms with Crippen LogP contribution in [0.2, 0.25) is 15.1 Å². The molecule has 0 bridgehead atoms. The maximum absolute atomic E-state index is 6.02. The molecule has 6 heteroatoms. The summed E-state index contributed by atoms with van der Waals surface area (Å²) in [5.41, 5.74) is 8.05. The predicted octanol–water partition coefficient (Wildman–Crippen LogP) is 4.20. The van der Waals surface area contributed by atoms with E-state index in [-0.39, 0.29) is 6.17 Å². The number of nitrogens with one attached hydrogen (secondary N) is 2. The van der Waals surface area contributed by atoms with Crippen molar-refractivity contribution >= 4 is 40.6 Å². The topological polar surface area (TPSA) is 36.4 Å². The largest absolute Gasteiger partial charge is 0.303 e. The van der Waals surface area contributed by atoms with Gasteiger partial charge in [-0.25, -0.2) is 10.4 Å². The molecule has 0 amide bonds. The average Bonchev–Trinajstić information content (AvgIpc) is 2.92. The van der Waals surface area contributed by atoms with Crippen molar-refractivity contribution in [2.24, 2.45) is 4.99 Å². The van der Waals surface area contributed by atoms with Crippen LogP contribution in [0.25, 0.3) is 0 Å². The molecule has 0 saturated carbocycles. The van der Waals surface area contributed by atoms with E-state index in [1.165, 1.54) is 0 Å². The summed E-state index contributed by atoms with van der Waals surface area (Å²) in [4.78, 5) is 4.58. The Morgan fingerprint density at radius 1 is 0.900 bits per heavy atom. The highest BCUT2D eigenvalue weighted by Crippen LogP contribution is 2.27. The van der Waals surface area contributed by atoms with Gasteiger partial charge in [-0.3, -0.25) is 0 Å². The zero-order chi connectivity index (χ0) is 14.1. The lowest BCUT2D eigenvalue weighted by molar-refractivity contribution is 0.575. The molecular formula is C14H10Cl3N3. The molecule has 0 aromatic heterocycles. The van der Waals surface area contributed by atoms with Gasteiger partial charge >= 0.3 is 0 Å². The van der Waals surface area contributed by atoms with Crippen LogP contribution in [0, 0.1) is 0 Å². The van der Waals surface area contributed by atoms with E-state index in [9.17, 15) is 0 Å². The van der Waals surface area contributed by atoms with Crippen molar-refractivity contribution in [1.82, 2.24) is 10.9 Å². The summed E-state index contributed by atoms with van der Waals surface area (Å²) >= 11 is 17.8. The fourth-order valence-corrected chi connectivity index (χ4v) is 2.36. The van der Waals surface area contributed by atoms with E-state index in [4.69, 9.17) is 34.8 Å². The molecule has 2 aromatic rings. The van der Waals surface area contributed by atoms with E-state index in [2.05, 4.69) is 15.8 Å². The summed E-state index contributed by atoms with van der Waals surface area (Å²) in [5, 5.41) is 1.74. The van der Waals surface area contributed by atoms with Crippen LogP contribution in [0.15, 0.2) is 47.5 Å². The van der Waals surface area contributed by atoms with Gasteiger partial charge in [0.2, 0.25) is 0 Å². The van der Waals surface area contributed by atoms with Gasteiger partial charge in [0, 0.05) is 10.6 Å². The fraction of sp³-hybridized carbons (Fsp3) is 0.0714. The number of aliphatic imine (C=N–C) groups is 1. The van der Waals surface area contributed by atoms with Crippen LogP contribution in [0.1, 0.15) is 17.3 Å². The number of nitrogens with zero attached hydrogens (tertiary/aromatic N) is 1. The molecule has 102 valence electrons. The molecule has 0 aliphatic carbocycles. The maximum Gasteiger partial charge on any atom is 0.144 e. The van der Waals surface area contributed by atoms with Gasteiger partial charge in [-0.2, -0.15) is 0 Å². The van der Waals surface area contributed by atoms with Gasteiger partial charge in [0.1, 0.15) is 12.0 Å². The average molecular weight is 327 g/mol. The molecule has 2 aromatic carbocycles. The van der Waals surface area contributed by atoms with Crippen molar-refractivity contribution in [2.75, 3.05) is 0 Å². The SMILES string of the molecule is Clc1ccc(C2=N[C@@H](c3ccc(Cl)c(Cl)c3)NN2)cc1. The van der Waals surface area contributed by atoms with Crippen molar-refractivity contribution in [3.05, 3.63) is 68.7 Å². The lowest BCUT2D eigenvalue weighted by Gasteiger charge is -2.08. The third kappa shape index (κ3) is 2.76. The first-order chi connectivity index (χ1) is 9.63. The Balaban J connectivity index is 1.87. The summed E-state index contributed by atoms with van der Waals surface area (Å²) in [7, 11) is 0. The van der Waals surface area contributed by atoms with Gasteiger partial charge in [0.25, 0.3) is 0 Å². The summed E-state index contributed by atoms with van der Waals surface area (Å²) in [5.74, 6) is 0.762. The van der Waals surface area contributed by atoms with Gasteiger partial charge in [-0.15, -0.1) is 0 Å². The number of hydrazine groups is 1. The van der Waals surface area contributed by atoms with E-state index in [0.29, 0.717) is 15.1 Å². The predicted molar refractivity (Wildman–Crippen MR) is 83.5 cm³/mol. The van der Waals surface area contributed by atoms with Gasteiger partial charge in [0.05, 0.1) is 10.0 Å². The number of hydrogen-bond acceptors (Lipinski definition) is 3. The number of amidine groups is 1. The van der Waals surface area contributed by atoms with Crippen LogP contribution >= 0.6 is 34.8 Å². The second-order valence-electron chi connectivity index (χ2n) is 4.33. The lowest BCUT2D eigenvalue weighted by atomic mass is 10.2. The van der Waals surface area contributed by atoms with E-state index in [1.807, 2.05) is 30.3 Å². The Labute approximate surface area is 131 Å². The second kappa shape index (κ2) is 5.62. The lowest BCUT2D eigenvalue weighted by Crippen LogP contribution is -2.31. The first kappa shape index (κ1) is 13.7. The smallest absolute Gasteiger partial charge is 0.144 e. The van der Waals surface area contributed by atoms with E-state index >= 15 is 0 Å². The molecule has 3 rings (SSSR count). The molecular weight excluding hydrogens is 317 g/mol. The Morgan fingerprint density at radius 3 is 2.35 bits per heavy atom. The monoisotopic (exact) mass is 325 g/mol. The third-order valence-electron chi connectivity index (χ3n) is 2.96. The highest BCUT2D eigenvalue weighted by molar-refractivity contribution is 6.42. The first-order valence-corrected chi connectivity index (χ1v) is 7.07. The first-order valence-electron chi connectivity index (χ1n) is 5.94. The molecule has 0 saturated heterocycles. The Morgan fingerprint density at radius 2 is 1.65 bits per heavy atom. The minimum absolute atomic E-state index is 0.199. The second-order valence-corrected chi connectivity index (χ2v) is 5.58. The van der Waals surface area contributed by atoms with E-state index in [0.717, 1.165) is 17.0 Å². The van der Waals surface area contributed by atoms with Crippen LogP contribution in [0.3, 0.4) is 0 Å². The molecule has 3 nitrogen and oxygen atoms in total. The van der Waals surface area contributed by atoms with Crippen molar-refractivity contribution in [3.63, 3.8) is 0 Å². The third-order valence-corrected chi connectivity index (χ3v) is 3.95. The van der Waals surface area contributed by atoms with E-state index in [1.54, 1.807) is 12.1 Å². The highest BCUT2D eigenvalue weighted by Gasteiger charge is 2.19. The number of benzene rings is 2. The molecule has 2 N–H and O–H groups in total. The highest BCUT2D eigenvalue weighted by atomic mass is 35.5. The normalized spacial score (nSPS) is 17.8. The van der Waals surface area contributed by atoms with Crippen LogP contribution in [0.4, 0.5) is 0 Å². The summed E-state index contributed by atoms with van der Waals surface area (Å²) < 4.78 is 0. The molecule has 1 aliphatic heterocycles. The molecule has 0 radical (unpaired) electrons. The van der Waals surface area contributed by atoms with Crippen LogP contribution < -0.4 is 10.9 Å². The summed E-state index contributed by atoms with van der Waals surface area (Å²) in [6.45, 7) is 0. The molecule has 1 aliphatic rings. The van der Waals surface area contributed by atoms with Gasteiger partial charge < -0.3 is 5.43 Å². The minimum Gasteiger partial charge on any atom is -0.303 e. The number of rotatable bonds is 2. The standard InChI is InChI=1S/C14H10Cl3N3/c15-10-4-1-8(2-5-10)13-18-14(20-19-13)9-3-6-11(16)12(17)7-9/h1-7,14,20H,(H,18,19)/t14-/m1/s1. The van der Waals surface area contributed by atoms with Crippen molar-refractivity contribution in [2.45, 2.75) is 6.17 Å². The minimum atomic E-state index is -0.199. The van der Waals surface area contributed by atoms with Gasteiger partial charge in [0.15, 0.2) is 0 Å². The number of halogens is 3. The summed E-state index contributed by atoms with van der Waals surface area (Å²) in [6.07, 6.45) is -0.199. The van der Waals surface area contributed by atoms with Crippen molar-refractivity contribution in [3.8, 4) is 0 Å². The van der Waals surface area contributed by atoms with Crippen LogP contribution in [0.5, 0.6) is 0 Å². The Hall–Kier alpha value is -1.26. The zero-order valence-electron chi connectivity index (χ0n) is 10.2. The molecule has 0 spiro atoms. The molecule has 20 heavy (non-hydrogen) atoms. The van der Waals surface area contributed by atoms with Crippen molar-refractivity contribution < 1.29 is 0 Å². The van der Waals surface area contributed by atoms with Crippen LogP contribution in [-0.2, 0) is 0 Å². The van der Waals surface area contributed by atoms with Crippen molar-refractivity contribution in [1.29, 1.82) is 0 Å².